The van der Waals surface area contributed by atoms with Crippen LogP contribution in [0.5, 0.6) is 5.75 Å². The Balaban J connectivity index is 1.57. The molecule has 4 heteroatoms. The molecule has 0 aliphatic carbocycles. The number of hydrogen-bond donors (Lipinski definition) is 1. The predicted molar refractivity (Wildman–Crippen MR) is 100 cm³/mol. The quantitative estimate of drug-likeness (QED) is 0.703. The number of hydrogen-bond acceptors (Lipinski definition) is 3. The number of phenolic OH excluding ortho intramolecular Hbond substituents is 1. The average Bonchev–Trinajstić information content (AvgIpc) is 3.13. The molecule has 0 saturated heterocycles. The molecule has 4 rings (SSSR count). The van der Waals surface area contributed by atoms with E-state index in [1.807, 2.05) is 36.4 Å². The van der Waals surface area contributed by atoms with Crippen molar-refractivity contribution in [2.75, 3.05) is 6.61 Å². The van der Waals surface area contributed by atoms with E-state index in [2.05, 4.69) is 29.3 Å². The van der Waals surface area contributed by atoms with Crippen molar-refractivity contribution in [2.24, 2.45) is 4.99 Å². The molecule has 1 unspecified atom stereocenters. The largest absolute Gasteiger partial charge is 0.508 e. The summed E-state index contributed by atoms with van der Waals surface area (Å²) >= 11 is 6.22. The first kappa shape index (κ1) is 15.7. The highest BCUT2D eigenvalue weighted by atomic mass is 35.5. The summed E-state index contributed by atoms with van der Waals surface area (Å²) in [6.45, 7) is 0.513. The molecule has 3 aromatic rings. The monoisotopic (exact) mass is 349 g/mol. The Bertz CT molecular complexity index is 917. The molecule has 1 aliphatic rings. The van der Waals surface area contributed by atoms with E-state index in [0.29, 0.717) is 17.5 Å². The Hall–Kier alpha value is -2.78. The standard InChI is InChI=1S/C21H16ClNO2/c22-19-4-2-1-3-18(19)21-23-20(13-25-21)16-7-5-14(6-8-16)15-9-11-17(24)12-10-15/h1-12,20,24H,13H2. The number of benzene rings is 3. The Kier molecular flexibility index (Phi) is 4.16. The van der Waals surface area contributed by atoms with Gasteiger partial charge >= 0.3 is 0 Å². The van der Waals surface area contributed by atoms with E-state index in [1.54, 1.807) is 12.1 Å². The van der Waals surface area contributed by atoms with Crippen molar-refractivity contribution in [1.82, 2.24) is 0 Å². The summed E-state index contributed by atoms with van der Waals surface area (Å²) in [5, 5.41) is 10.0. The molecule has 0 amide bonds. The van der Waals surface area contributed by atoms with Crippen molar-refractivity contribution in [3.63, 3.8) is 0 Å². The fourth-order valence-corrected chi connectivity index (χ4v) is 3.09. The van der Waals surface area contributed by atoms with Crippen molar-refractivity contribution >= 4 is 17.5 Å². The Labute approximate surface area is 151 Å². The zero-order valence-electron chi connectivity index (χ0n) is 13.4. The van der Waals surface area contributed by atoms with E-state index in [-0.39, 0.29) is 11.8 Å². The molecular formula is C21H16ClNO2. The van der Waals surface area contributed by atoms with Crippen LogP contribution >= 0.6 is 11.6 Å². The summed E-state index contributed by atoms with van der Waals surface area (Å²) in [6.07, 6.45) is 0. The number of nitrogens with zero attached hydrogens (tertiary/aromatic N) is 1. The summed E-state index contributed by atoms with van der Waals surface area (Å²) in [6, 6.07) is 23.0. The third kappa shape index (κ3) is 3.24. The molecule has 1 atom stereocenters. The number of halogens is 1. The zero-order chi connectivity index (χ0) is 17.2. The first-order chi connectivity index (χ1) is 12.2. The minimum absolute atomic E-state index is 0.0276. The van der Waals surface area contributed by atoms with Crippen molar-refractivity contribution in [3.8, 4) is 16.9 Å². The lowest BCUT2D eigenvalue weighted by atomic mass is 10.0. The fraction of sp³-hybridized carbons (Fsp3) is 0.0952. The van der Waals surface area contributed by atoms with Crippen LogP contribution in [0, 0.1) is 0 Å². The van der Waals surface area contributed by atoms with Gasteiger partial charge in [-0.1, -0.05) is 60.1 Å². The van der Waals surface area contributed by atoms with E-state index in [4.69, 9.17) is 16.3 Å². The second-order valence-electron chi connectivity index (χ2n) is 5.91. The highest BCUT2D eigenvalue weighted by Gasteiger charge is 2.22. The molecule has 0 saturated carbocycles. The lowest BCUT2D eigenvalue weighted by Gasteiger charge is -2.07. The first-order valence-corrected chi connectivity index (χ1v) is 8.43. The summed E-state index contributed by atoms with van der Waals surface area (Å²) in [4.78, 5) is 4.68. The van der Waals surface area contributed by atoms with Crippen LogP contribution in [0.2, 0.25) is 5.02 Å². The predicted octanol–water partition coefficient (Wildman–Crippen LogP) is 5.23. The summed E-state index contributed by atoms with van der Waals surface area (Å²) in [5.74, 6) is 0.864. The van der Waals surface area contributed by atoms with Gasteiger partial charge in [0.15, 0.2) is 0 Å². The Morgan fingerprint density at radius 2 is 1.52 bits per heavy atom. The van der Waals surface area contributed by atoms with Gasteiger partial charge in [0.25, 0.3) is 0 Å². The van der Waals surface area contributed by atoms with Gasteiger partial charge in [-0.25, -0.2) is 4.99 Å². The number of aliphatic imine (C=N–C) groups is 1. The van der Waals surface area contributed by atoms with E-state index < -0.39 is 0 Å². The smallest absolute Gasteiger partial charge is 0.218 e. The van der Waals surface area contributed by atoms with E-state index in [0.717, 1.165) is 22.3 Å². The van der Waals surface area contributed by atoms with Gasteiger partial charge in [0.05, 0.1) is 10.6 Å². The molecule has 1 heterocycles. The lowest BCUT2D eigenvalue weighted by molar-refractivity contribution is 0.320. The molecule has 0 aromatic heterocycles. The Morgan fingerprint density at radius 3 is 2.20 bits per heavy atom. The summed E-state index contributed by atoms with van der Waals surface area (Å²) in [7, 11) is 0. The summed E-state index contributed by atoms with van der Waals surface area (Å²) in [5.41, 5.74) is 4.09. The van der Waals surface area contributed by atoms with Crippen LogP contribution in [-0.4, -0.2) is 17.6 Å². The number of rotatable bonds is 3. The van der Waals surface area contributed by atoms with Gasteiger partial charge in [-0.15, -0.1) is 0 Å². The van der Waals surface area contributed by atoms with Gasteiger partial charge in [-0.2, -0.15) is 0 Å². The third-order valence-corrected chi connectivity index (χ3v) is 4.58. The first-order valence-electron chi connectivity index (χ1n) is 8.05. The van der Waals surface area contributed by atoms with E-state index in [1.165, 1.54) is 0 Å². The van der Waals surface area contributed by atoms with Crippen LogP contribution in [0.15, 0.2) is 77.8 Å². The fourth-order valence-electron chi connectivity index (χ4n) is 2.88. The van der Waals surface area contributed by atoms with Gasteiger partial charge in [0, 0.05) is 0 Å². The molecule has 124 valence electrons. The van der Waals surface area contributed by atoms with Crippen LogP contribution < -0.4 is 0 Å². The maximum atomic E-state index is 9.39. The molecule has 25 heavy (non-hydrogen) atoms. The second-order valence-corrected chi connectivity index (χ2v) is 6.32. The molecule has 3 aromatic carbocycles. The highest BCUT2D eigenvalue weighted by molar-refractivity contribution is 6.33. The van der Waals surface area contributed by atoms with Crippen LogP contribution in [-0.2, 0) is 4.74 Å². The van der Waals surface area contributed by atoms with Crippen molar-refractivity contribution in [2.45, 2.75) is 6.04 Å². The number of phenols is 1. The Morgan fingerprint density at radius 1 is 0.880 bits per heavy atom. The minimum Gasteiger partial charge on any atom is -0.508 e. The van der Waals surface area contributed by atoms with Crippen molar-refractivity contribution in [3.05, 3.63) is 88.9 Å². The van der Waals surface area contributed by atoms with Gasteiger partial charge < -0.3 is 9.84 Å². The maximum Gasteiger partial charge on any atom is 0.218 e. The lowest BCUT2D eigenvalue weighted by Crippen LogP contribution is -2.01. The average molecular weight is 350 g/mol. The molecule has 3 nitrogen and oxygen atoms in total. The van der Waals surface area contributed by atoms with Gasteiger partial charge in [0.2, 0.25) is 5.90 Å². The highest BCUT2D eigenvalue weighted by Crippen LogP contribution is 2.29. The van der Waals surface area contributed by atoms with Gasteiger partial charge in [-0.05, 0) is 41.0 Å². The number of ether oxygens (including phenoxy) is 1. The van der Waals surface area contributed by atoms with Crippen LogP contribution in [0.25, 0.3) is 11.1 Å². The minimum atomic E-state index is -0.0276. The van der Waals surface area contributed by atoms with Crippen LogP contribution in [0.3, 0.4) is 0 Å². The third-order valence-electron chi connectivity index (χ3n) is 4.25. The van der Waals surface area contributed by atoms with E-state index in [9.17, 15) is 5.11 Å². The zero-order valence-corrected chi connectivity index (χ0v) is 14.1. The van der Waals surface area contributed by atoms with Crippen molar-refractivity contribution in [1.29, 1.82) is 0 Å². The molecule has 0 fully saturated rings. The molecule has 0 spiro atoms. The molecule has 1 aliphatic heterocycles. The molecule has 0 radical (unpaired) electrons. The number of aromatic hydroxyl groups is 1. The summed E-state index contributed by atoms with van der Waals surface area (Å²) < 4.78 is 5.75. The van der Waals surface area contributed by atoms with Gasteiger partial charge in [-0.3, -0.25) is 0 Å². The molecular weight excluding hydrogens is 334 g/mol. The van der Waals surface area contributed by atoms with E-state index >= 15 is 0 Å². The molecule has 0 bridgehead atoms. The normalized spacial score (nSPS) is 16.4. The van der Waals surface area contributed by atoms with Crippen LogP contribution in [0.1, 0.15) is 17.2 Å². The van der Waals surface area contributed by atoms with Crippen molar-refractivity contribution < 1.29 is 9.84 Å². The second kappa shape index (κ2) is 6.61. The molecule has 1 N–H and O–H groups in total. The maximum absolute atomic E-state index is 9.39. The van der Waals surface area contributed by atoms with Crippen LogP contribution in [0.4, 0.5) is 0 Å². The van der Waals surface area contributed by atoms with Gasteiger partial charge in [0.1, 0.15) is 18.4 Å². The SMILES string of the molecule is Oc1ccc(-c2ccc(C3COC(c4ccccc4Cl)=N3)cc2)cc1. The topological polar surface area (TPSA) is 41.8 Å².